The quantitative estimate of drug-likeness (QED) is 0.789. The summed E-state index contributed by atoms with van der Waals surface area (Å²) < 4.78 is 13.2. The van der Waals surface area contributed by atoms with E-state index in [1.807, 2.05) is 5.38 Å². The third kappa shape index (κ3) is 3.59. The van der Waals surface area contributed by atoms with Crippen LogP contribution in [0.5, 0.6) is 0 Å². The normalized spacial score (nSPS) is 16.8. The van der Waals surface area contributed by atoms with Crippen molar-refractivity contribution in [2.45, 2.75) is 26.2 Å². The summed E-state index contributed by atoms with van der Waals surface area (Å²) in [5.41, 5.74) is 1.44. The fourth-order valence-corrected chi connectivity index (χ4v) is 3.38. The second kappa shape index (κ2) is 6.76. The molecule has 1 aromatic heterocycles. The number of likely N-dealkylation sites (tertiary alicyclic amines) is 1. The Morgan fingerprint density at radius 2 is 2.26 bits per heavy atom. The van der Waals surface area contributed by atoms with Crippen molar-refractivity contribution in [1.82, 2.24) is 9.88 Å². The molecule has 4 nitrogen and oxygen atoms in total. The first kappa shape index (κ1) is 16.1. The average Bonchev–Trinajstić information content (AvgIpc) is 2.99. The van der Waals surface area contributed by atoms with E-state index in [9.17, 15) is 9.18 Å². The fourth-order valence-electron chi connectivity index (χ4n) is 2.49. The predicted octanol–water partition coefficient (Wildman–Crippen LogP) is 4.67. The first-order chi connectivity index (χ1) is 11.0. The Morgan fingerprint density at radius 1 is 1.43 bits per heavy atom. The number of rotatable bonds is 2. The highest BCUT2D eigenvalue weighted by molar-refractivity contribution is 7.13. The highest BCUT2D eigenvalue weighted by atomic mass is 35.5. The second-order valence-electron chi connectivity index (χ2n) is 5.30. The van der Waals surface area contributed by atoms with Crippen LogP contribution in [0.4, 0.5) is 9.52 Å². The molecule has 1 amide bonds. The van der Waals surface area contributed by atoms with Gasteiger partial charge in [0.25, 0.3) is 0 Å². The zero-order valence-electron chi connectivity index (χ0n) is 12.6. The van der Waals surface area contributed by atoms with E-state index in [2.05, 4.69) is 9.98 Å². The van der Waals surface area contributed by atoms with Gasteiger partial charge in [-0.2, -0.15) is 0 Å². The van der Waals surface area contributed by atoms with Crippen LogP contribution in [0, 0.1) is 5.82 Å². The van der Waals surface area contributed by atoms with Gasteiger partial charge in [0.05, 0.1) is 10.7 Å². The molecule has 1 saturated heterocycles. The number of piperidine rings is 1. The number of amidine groups is 1. The van der Waals surface area contributed by atoms with E-state index in [1.54, 1.807) is 24.0 Å². The lowest BCUT2D eigenvalue weighted by Crippen LogP contribution is -2.38. The molecule has 0 spiro atoms. The summed E-state index contributed by atoms with van der Waals surface area (Å²) in [5.74, 6) is 0.317. The lowest BCUT2D eigenvalue weighted by Gasteiger charge is -2.26. The van der Waals surface area contributed by atoms with Crippen LogP contribution in [-0.2, 0) is 4.79 Å². The Morgan fingerprint density at radius 3 is 3.00 bits per heavy atom. The van der Waals surface area contributed by atoms with Crippen molar-refractivity contribution >= 4 is 39.8 Å². The number of hydrogen-bond acceptors (Lipinski definition) is 4. The van der Waals surface area contributed by atoms with Crippen LogP contribution in [0.1, 0.15) is 26.2 Å². The Labute approximate surface area is 142 Å². The molecule has 3 rings (SSSR count). The Kier molecular flexibility index (Phi) is 4.73. The molecule has 1 aromatic carbocycles. The summed E-state index contributed by atoms with van der Waals surface area (Å²) in [6.45, 7) is 2.26. The number of aliphatic imine (C=N–C) groups is 1. The van der Waals surface area contributed by atoms with Gasteiger partial charge in [-0.3, -0.25) is 4.79 Å². The van der Waals surface area contributed by atoms with Crippen molar-refractivity contribution in [1.29, 1.82) is 0 Å². The maximum absolute atomic E-state index is 13.2. The number of carbonyl (C=O) groups excluding carboxylic acids is 1. The number of nitrogens with zero attached hydrogens (tertiary/aromatic N) is 3. The molecule has 0 unspecified atom stereocenters. The van der Waals surface area contributed by atoms with Crippen molar-refractivity contribution < 1.29 is 9.18 Å². The van der Waals surface area contributed by atoms with Crippen molar-refractivity contribution in [3.8, 4) is 11.3 Å². The number of amides is 1. The first-order valence-corrected chi connectivity index (χ1v) is 8.57. The topological polar surface area (TPSA) is 45.6 Å². The van der Waals surface area contributed by atoms with Crippen LogP contribution in [0.3, 0.4) is 0 Å². The molecule has 0 saturated carbocycles. The van der Waals surface area contributed by atoms with Crippen molar-refractivity contribution in [3.05, 3.63) is 34.4 Å². The molecule has 0 bridgehead atoms. The molecule has 2 aromatic rings. The van der Waals surface area contributed by atoms with Gasteiger partial charge in [-0.1, -0.05) is 11.6 Å². The smallest absolute Gasteiger partial charge is 0.224 e. The highest BCUT2D eigenvalue weighted by Crippen LogP contribution is 2.30. The number of aromatic nitrogens is 1. The van der Waals surface area contributed by atoms with Crippen molar-refractivity contribution in [2.75, 3.05) is 6.54 Å². The largest absolute Gasteiger partial charge is 0.300 e. The molecule has 0 radical (unpaired) electrons. The summed E-state index contributed by atoms with van der Waals surface area (Å²) in [4.78, 5) is 22.4. The summed E-state index contributed by atoms with van der Waals surface area (Å²) in [6.07, 6.45) is 2.79. The molecule has 7 heteroatoms. The maximum atomic E-state index is 13.2. The number of benzene rings is 1. The molecule has 0 atom stereocenters. The maximum Gasteiger partial charge on any atom is 0.224 e. The standard InChI is InChI=1S/C16H15ClFN3OS/c1-10(22)21-7-3-2-4-15(21)20-16-19-14(9-23-16)11-5-6-13(18)12(17)8-11/h5-6,8-9H,2-4,7H2,1H3. The zero-order chi connectivity index (χ0) is 16.4. The van der Waals surface area contributed by atoms with Gasteiger partial charge < -0.3 is 4.90 Å². The van der Waals surface area contributed by atoms with Gasteiger partial charge in [-0.25, -0.2) is 14.4 Å². The molecule has 1 aliphatic heterocycles. The van der Waals surface area contributed by atoms with Gasteiger partial charge in [-0.15, -0.1) is 11.3 Å². The first-order valence-electron chi connectivity index (χ1n) is 7.31. The minimum Gasteiger partial charge on any atom is -0.300 e. The molecule has 23 heavy (non-hydrogen) atoms. The Hall–Kier alpha value is -1.79. The van der Waals surface area contributed by atoms with E-state index in [4.69, 9.17) is 11.6 Å². The summed E-state index contributed by atoms with van der Waals surface area (Å²) in [6, 6.07) is 4.50. The van der Waals surface area contributed by atoms with Crippen LogP contribution in [-0.4, -0.2) is 28.2 Å². The number of thiazole rings is 1. The minimum atomic E-state index is -0.453. The van der Waals surface area contributed by atoms with Crippen molar-refractivity contribution in [2.24, 2.45) is 4.99 Å². The number of halogens is 2. The lowest BCUT2D eigenvalue weighted by atomic mass is 10.1. The Bertz CT molecular complexity index is 774. The van der Waals surface area contributed by atoms with E-state index >= 15 is 0 Å². The molecule has 1 aliphatic rings. The summed E-state index contributed by atoms with van der Waals surface area (Å²) in [5, 5.41) is 2.51. The zero-order valence-corrected chi connectivity index (χ0v) is 14.1. The predicted molar refractivity (Wildman–Crippen MR) is 90.9 cm³/mol. The van der Waals surface area contributed by atoms with E-state index in [0.717, 1.165) is 30.7 Å². The van der Waals surface area contributed by atoms with Gasteiger partial charge >= 0.3 is 0 Å². The van der Waals surface area contributed by atoms with Gasteiger partial charge in [-0.05, 0) is 31.0 Å². The van der Waals surface area contributed by atoms with E-state index in [0.29, 0.717) is 17.4 Å². The van der Waals surface area contributed by atoms with E-state index in [-0.39, 0.29) is 10.9 Å². The SMILES string of the molecule is CC(=O)N1CCCCC1=Nc1nc(-c2ccc(F)c(Cl)c2)cs1. The van der Waals surface area contributed by atoms with Crippen LogP contribution >= 0.6 is 22.9 Å². The van der Waals surface area contributed by atoms with Crippen molar-refractivity contribution in [3.63, 3.8) is 0 Å². The van der Waals surface area contributed by atoms with E-state index < -0.39 is 5.82 Å². The number of hydrogen-bond donors (Lipinski definition) is 0. The van der Waals surface area contributed by atoms with Gasteiger partial charge in [0.1, 0.15) is 11.7 Å². The molecule has 1 fully saturated rings. The molecular formula is C16H15ClFN3OS. The van der Waals surface area contributed by atoms with Crippen LogP contribution in [0.2, 0.25) is 5.02 Å². The van der Waals surface area contributed by atoms with E-state index in [1.165, 1.54) is 17.4 Å². The third-order valence-corrected chi connectivity index (χ3v) is 4.68. The summed E-state index contributed by atoms with van der Waals surface area (Å²) >= 11 is 7.20. The minimum absolute atomic E-state index is 0.00514. The van der Waals surface area contributed by atoms with Crippen LogP contribution < -0.4 is 0 Å². The van der Waals surface area contributed by atoms with Gasteiger partial charge in [0, 0.05) is 30.8 Å². The molecule has 0 aliphatic carbocycles. The Balaban J connectivity index is 1.87. The lowest BCUT2D eigenvalue weighted by molar-refractivity contribution is -0.125. The summed E-state index contributed by atoms with van der Waals surface area (Å²) in [7, 11) is 0. The highest BCUT2D eigenvalue weighted by Gasteiger charge is 2.20. The fraction of sp³-hybridized carbons (Fsp3) is 0.312. The average molecular weight is 352 g/mol. The third-order valence-electron chi connectivity index (χ3n) is 3.66. The van der Waals surface area contributed by atoms with Crippen LogP contribution in [0.15, 0.2) is 28.6 Å². The molecule has 0 N–H and O–H groups in total. The molecular weight excluding hydrogens is 337 g/mol. The number of carbonyl (C=O) groups is 1. The van der Waals surface area contributed by atoms with Gasteiger partial charge in [0.2, 0.25) is 11.0 Å². The van der Waals surface area contributed by atoms with Gasteiger partial charge in [0.15, 0.2) is 0 Å². The molecule has 2 heterocycles. The van der Waals surface area contributed by atoms with Crippen LogP contribution in [0.25, 0.3) is 11.3 Å². The molecule has 120 valence electrons. The second-order valence-corrected chi connectivity index (χ2v) is 6.54. The monoisotopic (exact) mass is 351 g/mol.